The third kappa shape index (κ3) is 2.30. The number of imidazole rings is 1. The average Bonchev–Trinajstić information content (AvgIpc) is 2.71. The molecule has 2 rings (SSSR count). The Balaban J connectivity index is 2.32. The number of rotatable bonds is 4. The summed E-state index contributed by atoms with van der Waals surface area (Å²) in [4.78, 5) is 4.24. The van der Waals surface area contributed by atoms with E-state index in [1.54, 1.807) is 6.33 Å². The summed E-state index contributed by atoms with van der Waals surface area (Å²) < 4.78 is 1.94. The molecule has 1 aromatic heterocycles. The molecule has 1 unspecified atom stereocenters. The Morgan fingerprint density at radius 2 is 1.94 bits per heavy atom. The van der Waals surface area contributed by atoms with Crippen molar-refractivity contribution in [2.24, 2.45) is 5.73 Å². The lowest BCUT2D eigenvalue weighted by molar-refractivity contribution is 0.0269. The van der Waals surface area contributed by atoms with Gasteiger partial charge in [0, 0.05) is 12.2 Å². The van der Waals surface area contributed by atoms with Crippen molar-refractivity contribution in [3.8, 4) is 0 Å². The van der Waals surface area contributed by atoms with Crippen molar-refractivity contribution in [3.05, 3.63) is 53.6 Å². The second-order valence-corrected chi connectivity index (χ2v) is 4.65. The fourth-order valence-electron chi connectivity index (χ4n) is 2.01. The number of nitrogens with two attached hydrogens (primary N) is 1. The van der Waals surface area contributed by atoms with Gasteiger partial charge in [0.05, 0.1) is 18.6 Å². The quantitative estimate of drug-likeness (QED) is 0.854. The predicted molar refractivity (Wildman–Crippen MR) is 71.1 cm³/mol. The summed E-state index contributed by atoms with van der Waals surface area (Å²) in [5, 5.41) is 10.7. The molecule has 0 saturated carbocycles. The van der Waals surface area contributed by atoms with Gasteiger partial charge in [0.15, 0.2) is 0 Å². The lowest BCUT2D eigenvalue weighted by Crippen LogP contribution is -2.39. The van der Waals surface area contributed by atoms with Crippen molar-refractivity contribution >= 4 is 0 Å². The van der Waals surface area contributed by atoms with Crippen molar-refractivity contribution in [1.29, 1.82) is 0 Å². The lowest BCUT2D eigenvalue weighted by Gasteiger charge is -2.28. The summed E-state index contributed by atoms with van der Waals surface area (Å²) in [6.07, 6.45) is 1.74. The van der Waals surface area contributed by atoms with Crippen LogP contribution >= 0.6 is 0 Å². The van der Waals surface area contributed by atoms with Crippen molar-refractivity contribution in [3.63, 3.8) is 0 Å². The van der Waals surface area contributed by atoms with E-state index >= 15 is 0 Å². The van der Waals surface area contributed by atoms with Crippen molar-refractivity contribution in [1.82, 2.24) is 9.55 Å². The summed E-state index contributed by atoms with van der Waals surface area (Å²) in [5.41, 5.74) is 7.56. The molecule has 1 aromatic carbocycles. The van der Waals surface area contributed by atoms with Crippen LogP contribution in [0.3, 0.4) is 0 Å². The first kappa shape index (κ1) is 12.8. The Kier molecular flexibility index (Phi) is 3.50. The standard InChI is InChI=1S/C14H19N3O/c1-11-12(2)17(10-16-11)9-14(18,8-15)13-6-4-3-5-7-13/h3-7,10,18H,8-9,15H2,1-2H3. The van der Waals surface area contributed by atoms with Gasteiger partial charge in [-0.2, -0.15) is 0 Å². The molecule has 0 bridgehead atoms. The maximum Gasteiger partial charge on any atom is 0.120 e. The van der Waals surface area contributed by atoms with E-state index in [2.05, 4.69) is 4.98 Å². The Hall–Kier alpha value is -1.65. The molecule has 0 radical (unpaired) electrons. The van der Waals surface area contributed by atoms with Crippen LogP contribution in [0.2, 0.25) is 0 Å². The third-order valence-electron chi connectivity index (χ3n) is 3.43. The summed E-state index contributed by atoms with van der Waals surface area (Å²) in [5.74, 6) is 0. The number of aryl methyl sites for hydroxylation is 1. The van der Waals surface area contributed by atoms with Crippen LogP contribution in [0.25, 0.3) is 0 Å². The van der Waals surface area contributed by atoms with Crippen LogP contribution < -0.4 is 5.73 Å². The average molecular weight is 245 g/mol. The van der Waals surface area contributed by atoms with Crippen molar-refractivity contribution in [2.45, 2.75) is 26.0 Å². The fourth-order valence-corrected chi connectivity index (χ4v) is 2.01. The van der Waals surface area contributed by atoms with Gasteiger partial charge in [-0.15, -0.1) is 0 Å². The van der Waals surface area contributed by atoms with Crippen LogP contribution in [0.15, 0.2) is 36.7 Å². The van der Waals surface area contributed by atoms with E-state index < -0.39 is 5.60 Å². The smallest absolute Gasteiger partial charge is 0.120 e. The van der Waals surface area contributed by atoms with Crippen LogP contribution in [0, 0.1) is 13.8 Å². The van der Waals surface area contributed by atoms with E-state index in [4.69, 9.17) is 5.73 Å². The molecular weight excluding hydrogens is 226 g/mol. The van der Waals surface area contributed by atoms with E-state index in [0.717, 1.165) is 17.0 Å². The van der Waals surface area contributed by atoms with Crippen molar-refractivity contribution in [2.75, 3.05) is 6.54 Å². The molecular formula is C14H19N3O. The first-order valence-electron chi connectivity index (χ1n) is 6.03. The monoisotopic (exact) mass is 245 g/mol. The summed E-state index contributed by atoms with van der Waals surface area (Å²) in [6.45, 7) is 4.54. The first-order valence-corrected chi connectivity index (χ1v) is 6.03. The van der Waals surface area contributed by atoms with Crippen LogP contribution in [-0.4, -0.2) is 21.2 Å². The number of hydrogen-bond donors (Lipinski definition) is 2. The van der Waals surface area contributed by atoms with Gasteiger partial charge in [0.1, 0.15) is 5.60 Å². The maximum absolute atomic E-state index is 10.7. The Morgan fingerprint density at radius 1 is 1.28 bits per heavy atom. The maximum atomic E-state index is 10.7. The highest BCUT2D eigenvalue weighted by Gasteiger charge is 2.28. The largest absolute Gasteiger partial charge is 0.382 e. The van der Waals surface area contributed by atoms with Crippen LogP contribution in [0.1, 0.15) is 17.0 Å². The van der Waals surface area contributed by atoms with Crippen molar-refractivity contribution < 1.29 is 5.11 Å². The zero-order valence-electron chi connectivity index (χ0n) is 10.8. The number of benzene rings is 1. The SMILES string of the molecule is Cc1ncn(CC(O)(CN)c2ccccc2)c1C. The Bertz CT molecular complexity index is 521. The molecule has 0 saturated heterocycles. The molecule has 0 amide bonds. The molecule has 4 heteroatoms. The van der Waals surface area contributed by atoms with E-state index in [9.17, 15) is 5.11 Å². The fraction of sp³-hybridized carbons (Fsp3) is 0.357. The molecule has 2 aromatic rings. The molecule has 0 aliphatic rings. The molecule has 0 aliphatic carbocycles. The van der Waals surface area contributed by atoms with Gasteiger partial charge in [0.25, 0.3) is 0 Å². The minimum atomic E-state index is -1.06. The molecule has 1 heterocycles. The zero-order valence-corrected chi connectivity index (χ0v) is 10.8. The van der Waals surface area contributed by atoms with Crippen LogP contribution in [0.4, 0.5) is 0 Å². The topological polar surface area (TPSA) is 64.1 Å². The number of aliphatic hydroxyl groups is 1. The van der Waals surface area contributed by atoms with Crippen LogP contribution in [-0.2, 0) is 12.1 Å². The second-order valence-electron chi connectivity index (χ2n) is 4.65. The van der Waals surface area contributed by atoms with Gasteiger partial charge < -0.3 is 15.4 Å². The highest BCUT2D eigenvalue weighted by molar-refractivity contribution is 5.23. The van der Waals surface area contributed by atoms with Gasteiger partial charge in [-0.05, 0) is 19.4 Å². The highest BCUT2D eigenvalue weighted by Crippen LogP contribution is 2.23. The normalized spacial score (nSPS) is 14.4. The minimum Gasteiger partial charge on any atom is -0.382 e. The number of nitrogens with zero attached hydrogens (tertiary/aromatic N) is 2. The highest BCUT2D eigenvalue weighted by atomic mass is 16.3. The summed E-state index contributed by atoms with van der Waals surface area (Å²) >= 11 is 0. The van der Waals surface area contributed by atoms with Gasteiger partial charge in [-0.1, -0.05) is 30.3 Å². The van der Waals surface area contributed by atoms with E-state index in [1.165, 1.54) is 0 Å². The second kappa shape index (κ2) is 4.92. The minimum absolute atomic E-state index is 0.174. The van der Waals surface area contributed by atoms with Gasteiger partial charge in [-0.3, -0.25) is 0 Å². The molecule has 0 aliphatic heterocycles. The molecule has 3 N–H and O–H groups in total. The number of hydrogen-bond acceptors (Lipinski definition) is 3. The third-order valence-corrected chi connectivity index (χ3v) is 3.43. The van der Waals surface area contributed by atoms with Gasteiger partial charge in [0.2, 0.25) is 0 Å². The number of aromatic nitrogens is 2. The summed E-state index contributed by atoms with van der Waals surface area (Å²) in [7, 11) is 0. The van der Waals surface area contributed by atoms with E-state index in [1.807, 2.05) is 48.7 Å². The Morgan fingerprint density at radius 3 is 2.44 bits per heavy atom. The van der Waals surface area contributed by atoms with E-state index in [0.29, 0.717) is 6.54 Å². The Labute approximate surface area is 107 Å². The van der Waals surface area contributed by atoms with Gasteiger partial charge in [-0.25, -0.2) is 4.98 Å². The summed E-state index contributed by atoms with van der Waals surface area (Å²) in [6, 6.07) is 9.52. The predicted octanol–water partition coefficient (Wildman–Crippen LogP) is 1.35. The molecule has 18 heavy (non-hydrogen) atoms. The zero-order chi connectivity index (χ0) is 13.2. The molecule has 1 atom stereocenters. The van der Waals surface area contributed by atoms with Crippen LogP contribution in [0.5, 0.6) is 0 Å². The molecule has 96 valence electrons. The molecule has 0 spiro atoms. The van der Waals surface area contributed by atoms with Gasteiger partial charge >= 0.3 is 0 Å². The lowest BCUT2D eigenvalue weighted by atomic mass is 9.93. The first-order chi connectivity index (χ1) is 8.57. The molecule has 4 nitrogen and oxygen atoms in total. The van der Waals surface area contributed by atoms with E-state index in [-0.39, 0.29) is 6.54 Å². The molecule has 0 fully saturated rings.